The van der Waals surface area contributed by atoms with Crippen LogP contribution < -0.4 is 4.90 Å². The molecule has 0 aliphatic carbocycles. The average molecular weight is 619 g/mol. The number of furan rings is 1. The van der Waals surface area contributed by atoms with Crippen LogP contribution in [0.25, 0.3) is 66.1 Å². The lowest BCUT2D eigenvalue weighted by Gasteiger charge is -2.28. The summed E-state index contributed by atoms with van der Waals surface area (Å²) in [6.45, 7) is 0. The Kier molecular flexibility index (Phi) is 5.64. The normalized spacial score (nSPS) is 12.8. The first kappa shape index (κ1) is 23.0. The van der Waals surface area contributed by atoms with Crippen LogP contribution in [0.2, 0.25) is 0 Å². The molecule has 9 aromatic rings. The Morgan fingerprint density at radius 1 is 0.438 bits per heavy atom. The summed E-state index contributed by atoms with van der Waals surface area (Å²) < 4.78 is 49.3. The fraction of sp³-hybridized carbons (Fsp3) is 0. The molecule has 0 N–H and O–H groups in total. The number of hydrogen-bond acceptors (Lipinski definition) is 2. The third kappa shape index (κ3) is 4.83. The highest BCUT2D eigenvalue weighted by Crippen LogP contribution is 2.46. The van der Waals surface area contributed by atoms with Gasteiger partial charge in [0.25, 0.3) is 0 Å². The van der Waals surface area contributed by atoms with Gasteiger partial charge in [0.15, 0.2) is 0 Å². The van der Waals surface area contributed by atoms with Crippen molar-refractivity contribution >= 4 is 49.8 Å². The lowest BCUT2D eigenvalue weighted by atomic mass is 9.96. The summed E-state index contributed by atoms with van der Waals surface area (Å²) in [5.41, 5.74) is 9.14. The number of rotatable bonds is 6. The minimum Gasteiger partial charge on any atom is -0.455 e. The molecule has 1 aromatic heterocycles. The fourth-order valence-corrected chi connectivity index (χ4v) is 6.72. The molecule has 0 aliphatic rings. The number of anilines is 3. The third-order valence-electron chi connectivity index (χ3n) is 8.94. The van der Waals surface area contributed by atoms with Crippen LogP contribution in [-0.4, -0.2) is 0 Å². The molecule has 0 saturated heterocycles. The molecule has 1 heterocycles. The molecule has 0 atom stereocenters. The van der Waals surface area contributed by atoms with Crippen LogP contribution in [0.4, 0.5) is 17.1 Å². The van der Waals surface area contributed by atoms with Gasteiger partial charge in [0, 0.05) is 32.9 Å². The zero-order valence-electron chi connectivity index (χ0n) is 30.9. The zero-order chi connectivity index (χ0) is 36.2. The molecule has 0 radical (unpaired) electrons. The van der Waals surface area contributed by atoms with E-state index in [9.17, 15) is 0 Å². The highest BCUT2D eigenvalue weighted by atomic mass is 16.3. The highest BCUT2D eigenvalue weighted by molar-refractivity contribution is 6.22. The second-order valence-electron chi connectivity index (χ2n) is 11.8. The Balaban J connectivity index is 1.34. The van der Waals surface area contributed by atoms with Crippen molar-refractivity contribution in [1.29, 1.82) is 0 Å². The van der Waals surface area contributed by atoms with Crippen molar-refractivity contribution < 1.29 is 11.3 Å². The summed E-state index contributed by atoms with van der Waals surface area (Å²) in [5.74, 6) is 0. The first-order valence-corrected chi connectivity index (χ1v) is 15.9. The van der Waals surface area contributed by atoms with Crippen molar-refractivity contribution in [3.63, 3.8) is 0 Å². The van der Waals surface area contributed by atoms with Crippen LogP contribution in [0.5, 0.6) is 0 Å². The molecule has 0 amide bonds. The molecular formula is C46H31NO. The molecular weight excluding hydrogens is 583 g/mol. The van der Waals surface area contributed by atoms with E-state index < -0.39 is 6.04 Å². The van der Waals surface area contributed by atoms with Gasteiger partial charge >= 0.3 is 0 Å². The van der Waals surface area contributed by atoms with Gasteiger partial charge in [0.2, 0.25) is 0 Å². The van der Waals surface area contributed by atoms with Crippen molar-refractivity contribution in [3.8, 4) is 33.4 Å². The quantitative estimate of drug-likeness (QED) is 0.184. The second-order valence-corrected chi connectivity index (χ2v) is 11.8. The van der Waals surface area contributed by atoms with Crippen LogP contribution in [0.15, 0.2) is 192 Å². The van der Waals surface area contributed by atoms with Gasteiger partial charge in [-0.25, -0.2) is 0 Å². The molecule has 0 saturated carbocycles. The first-order chi connectivity index (χ1) is 25.9. The monoisotopic (exact) mass is 618 g/mol. The van der Waals surface area contributed by atoms with Gasteiger partial charge in [-0.15, -0.1) is 0 Å². The predicted octanol–water partition coefficient (Wildman–Crippen LogP) is 13.2. The largest absolute Gasteiger partial charge is 0.455 e. The van der Waals surface area contributed by atoms with E-state index >= 15 is 0 Å². The summed E-state index contributed by atoms with van der Waals surface area (Å²) >= 11 is 0. The Hall–Kier alpha value is -6.38. The van der Waals surface area contributed by atoms with Gasteiger partial charge in [-0.1, -0.05) is 152 Å². The van der Waals surface area contributed by atoms with E-state index in [1.165, 1.54) is 0 Å². The van der Waals surface area contributed by atoms with Gasteiger partial charge in [-0.2, -0.15) is 0 Å². The van der Waals surface area contributed by atoms with Crippen molar-refractivity contribution in [3.05, 3.63) is 188 Å². The van der Waals surface area contributed by atoms with Gasteiger partial charge in [-0.05, 0) is 69.8 Å². The smallest absolute Gasteiger partial charge is 0.143 e. The van der Waals surface area contributed by atoms with Crippen molar-refractivity contribution in [2.45, 2.75) is 0 Å². The topological polar surface area (TPSA) is 16.4 Å². The molecule has 8 aromatic carbocycles. The predicted molar refractivity (Wildman–Crippen MR) is 202 cm³/mol. The molecule has 2 nitrogen and oxygen atoms in total. The Morgan fingerprint density at radius 3 is 1.81 bits per heavy atom. The maximum atomic E-state index is 8.83. The molecule has 0 fully saturated rings. The SMILES string of the molecule is [2H]c1c([2H])c([2H])c(-c2cccc3oc4c5ccccc5c(N(c5ccc(-c6ccccc6)cc5)c5cccc(-c6ccccc6)c5)cc4c23)c([2H])c1[2H]. The summed E-state index contributed by atoms with van der Waals surface area (Å²) in [6.07, 6.45) is 0. The Bertz CT molecular complexity index is 2800. The molecule has 226 valence electrons. The number of benzene rings is 8. The van der Waals surface area contributed by atoms with Crippen LogP contribution in [0.1, 0.15) is 6.85 Å². The molecule has 48 heavy (non-hydrogen) atoms. The minimum absolute atomic E-state index is 0.142. The summed E-state index contributed by atoms with van der Waals surface area (Å²) in [6, 6.07) is 51.8. The lowest BCUT2D eigenvalue weighted by molar-refractivity contribution is 0.673. The van der Waals surface area contributed by atoms with Crippen LogP contribution in [0, 0.1) is 0 Å². The lowest BCUT2D eigenvalue weighted by Crippen LogP contribution is -2.10. The van der Waals surface area contributed by atoms with Gasteiger partial charge in [-0.3, -0.25) is 0 Å². The average Bonchev–Trinajstić information content (AvgIpc) is 3.60. The number of fused-ring (bicyclic) bond motifs is 5. The van der Waals surface area contributed by atoms with E-state index in [0.717, 1.165) is 55.5 Å². The van der Waals surface area contributed by atoms with Crippen molar-refractivity contribution in [1.82, 2.24) is 0 Å². The van der Waals surface area contributed by atoms with Crippen molar-refractivity contribution in [2.75, 3.05) is 4.90 Å². The Morgan fingerprint density at radius 2 is 1.06 bits per heavy atom. The van der Waals surface area contributed by atoms with Crippen molar-refractivity contribution in [2.24, 2.45) is 0 Å². The third-order valence-corrected chi connectivity index (χ3v) is 8.94. The van der Waals surface area contributed by atoms with E-state index in [-0.39, 0.29) is 29.7 Å². The zero-order valence-corrected chi connectivity index (χ0v) is 25.9. The number of hydrogen-bond donors (Lipinski definition) is 0. The van der Waals surface area contributed by atoms with E-state index in [1.54, 1.807) is 6.07 Å². The standard InChI is InChI=1S/C46H31NO/c1-4-14-32(15-5-1)34-26-28-37(29-27-34)47(38-21-12-20-36(30-38)33-16-6-2-7-17-33)43-31-42-45-39(35-18-8-3-9-19-35)24-13-25-44(45)48-46(42)41-23-11-10-22-40(41)43/h1-31H/i3D,8D,9D,18D,19D. The van der Waals surface area contributed by atoms with Crippen LogP contribution in [-0.2, 0) is 0 Å². The molecule has 0 spiro atoms. The van der Waals surface area contributed by atoms with Gasteiger partial charge in [0.1, 0.15) is 11.2 Å². The van der Waals surface area contributed by atoms with Crippen LogP contribution in [0.3, 0.4) is 0 Å². The van der Waals surface area contributed by atoms with Crippen LogP contribution >= 0.6 is 0 Å². The number of nitrogens with zero attached hydrogens (tertiary/aromatic N) is 1. The van der Waals surface area contributed by atoms with E-state index in [0.29, 0.717) is 22.1 Å². The second kappa shape index (κ2) is 11.8. The fourth-order valence-electron chi connectivity index (χ4n) is 6.72. The van der Waals surface area contributed by atoms with Gasteiger partial charge < -0.3 is 9.32 Å². The molecule has 0 aliphatic heterocycles. The maximum absolute atomic E-state index is 8.83. The summed E-state index contributed by atoms with van der Waals surface area (Å²) in [4.78, 5) is 2.26. The minimum atomic E-state index is -0.423. The first-order valence-electron chi connectivity index (χ1n) is 18.4. The summed E-state index contributed by atoms with van der Waals surface area (Å²) in [5, 5.41) is 3.33. The molecule has 0 unspecified atom stereocenters. The Labute approximate surface area is 286 Å². The van der Waals surface area contributed by atoms with E-state index in [1.807, 2.05) is 66.7 Å². The summed E-state index contributed by atoms with van der Waals surface area (Å²) in [7, 11) is 0. The van der Waals surface area contributed by atoms with E-state index in [2.05, 4.69) is 89.8 Å². The van der Waals surface area contributed by atoms with E-state index in [4.69, 9.17) is 11.3 Å². The molecule has 9 rings (SSSR count). The molecule has 2 heteroatoms. The highest BCUT2D eigenvalue weighted by Gasteiger charge is 2.22. The molecule has 0 bridgehead atoms. The maximum Gasteiger partial charge on any atom is 0.143 e. The van der Waals surface area contributed by atoms with Gasteiger partial charge in [0.05, 0.1) is 12.5 Å².